The second-order valence-electron chi connectivity index (χ2n) is 9.21. The summed E-state index contributed by atoms with van der Waals surface area (Å²) in [6.07, 6.45) is -6.44. The summed E-state index contributed by atoms with van der Waals surface area (Å²) in [5.41, 5.74) is -0.775. The van der Waals surface area contributed by atoms with Crippen molar-refractivity contribution in [1.82, 2.24) is 15.3 Å². The maximum atomic E-state index is 13.4. The molecule has 2 fully saturated rings. The number of anilines is 1. The predicted octanol–water partition coefficient (Wildman–Crippen LogP) is 3.10. The third kappa shape index (κ3) is 5.77. The summed E-state index contributed by atoms with van der Waals surface area (Å²) in [6.45, 7) is 6.36. The van der Waals surface area contributed by atoms with Gasteiger partial charge >= 0.3 is 6.18 Å². The van der Waals surface area contributed by atoms with E-state index in [1.807, 2.05) is 6.92 Å². The Morgan fingerprint density at radius 2 is 1.94 bits per heavy atom. The third-order valence-electron chi connectivity index (χ3n) is 6.23. The minimum Gasteiger partial charge on any atom is -0.379 e. The number of carbonyl (C=O) groups excluding carboxylic acids is 1. The van der Waals surface area contributed by atoms with Crippen molar-refractivity contribution in [3.05, 3.63) is 52.0 Å². The zero-order valence-electron chi connectivity index (χ0n) is 20.2. The normalized spacial score (nSPS) is 21.5. The second-order valence-corrected chi connectivity index (χ2v) is 9.21. The number of hydrogen-bond donors (Lipinski definition) is 3. The maximum Gasteiger partial charge on any atom is 0.416 e. The number of aliphatic hydroxyl groups excluding tert-OH is 1. The van der Waals surface area contributed by atoms with Gasteiger partial charge in [0.1, 0.15) is 11.6 Å². The standard InChI is InChI=1S/C24H29F3N4O5/c1-13-15(5-4-6-16(13)24(25,26)27)21(33)30-20-19(22-35-9-10-36-22)17(28-14(2)29-20)11-18(32)31-23(3)7-8-34-12-23/h4-6,21-22,33H,7-12H2,1-3H3,(H,31,32)(H,28,29,30)/t21-,23?/m1/s1. The molecule has 3 heterocycles. The Kier molecular flexibility index (Phi) is 7.51. The first-order chi connectivity index (χ1) is 17.0. The maximum absolute atomic E-state index is 13.4. The topological polar surface area (TPSA) is 115 Å². The van der Waals surface area contributed by atoms with Crippen LogP contribution in [0.15, 0.2) is 18.2 Å². The lowest BCUT2D eigenvalue weighted by Gasteiger charge is -2.25. The number of hydrogen-bond acceptors (Lipinski definition) is 8. The molecule has 2 aromatic rings. The van der Waals surface area contributed by atoms with E-state index in [1.165, 1.54) is 19.1 Å². The summed E-state index contributed by atoms with van der Waals surface area (Å²) in [7, 11) is 0. The fraction of sp³-hybridized carbons (Fsp3) is 0.542. The van der Waals surface area contributed by atoms with Gasteiger partial charge in [-0.25, -0.2) is 9.97 Å². The molecule has 0 radical (unpaired) electrons. The molecular formula is C24H29F3N4O5. The Morgan fingerprint density at radius 1 is 1.22 bits per heavy atom. The highest BCUT2D eigenvalue weighted by Crippen LogP contribution is 2.36. The monoisotopic (exact) mass is 510 g/mol. The SMILES string of the molecule is Cc1nc(CC(=O)NC2(C)CCOC2)c(C2OCCO2)c(N[C@H](O)c2cccc(C(F)(F)F)c2C)n1. The number of rotatable bonds is 7. The van der Waals surface area contributed by atoms with Crippen LogP contribution in [0.4, 0.5) is 19.0 Å². The van der Waals surface area contributed by atoms with Gasteiger partial charge in [-0.15, -0.1) is 0 Å². The summed E-state index contributed by atoms with van der Waals surface area (Å²) in [4.78, 5) is 21.7. The van der Waals surface area contributed by atoms with Crippen molar-refractivity contribution >= 4 is 11.7 Å². The van der Waals surface area contributed by atoms with E-state index in [1.54, 1.807) is 6.92 Å². The molecule has 0 spiro atoms. The van der Waals surface area contributed by atoms with Crippen LogP contribution in [-0.2, 0) is 31.6 Å². The van der Waals surface area contributed by atoms with Gasteiger partial charge in [-0.1, -0.05) is 12.1 Å². The Morgan fingerprint density at radius 3 is 2.58 bits per heavy atom. The van der Waals surface area contributed by atoms with Gasteiger partial charge in [0.2, 0.25) is 5.91 Å². The van der Waals surface area contributed by atoms with Crippen LogP contribution < -0.4 is 10.6 Å². The Labute approximate surface area is 206 Å². The molecule has 2 saturated heterocycles. The average Bonchev–Trinajstić information content (AvgIpc) is 3.44. The van der Waals surface area contributed by atoms with Crippen LogP contribution >= 0.6 is 0 Å². The molecule has 9 nitrogen and oxygen atoms in total. The number of halogens is 3. The van der Waals surface area contributed by atoms with Crippen LogP contribution in [0.5, 0.6) is 0 Å². The molecule has 2 aliphatic heterocycles. The second kappa shape index (κ2) is 10.3. The highest BCUT2D eigenvalue weighted by molar-refractivity contribution is 5.79. The van der Waals surface area contributed by atoms with Crippen molar-refractivity contribution in [3.8, 4) is 0 Å². The fourth-order valence-electron chi connectivity index (χ4n) is 4.42. The molecule has 12 heteroatoms. The fourth-order valence-corrected chi connectivity index (χ4v) is 4.42. The van der Waals surface area contributed by atoms with Gasteiger partial charge in [0, 0.05) is 12.2 Å². The number of aliphatic hydroxyl groups is 1. The number of ether oxygens (including phenoxy) is 3. The molecule has 36 heavy (non-hydrogen) atoms. The van der Waals surface area contributed by atoms with Crippen LogP contribution in [0.1, 0.15) is 59.6 Å². The summed E-state index contributed by atoms with van der Waals surface area (Å²) >= 11 is 0. The molecule has 0 saturated carbocycles. The zero-order valence-corrected chi connectivity index (χ0v) is 20.2. The van der Waals surface area contributed by atoms with Gasteiger partial charge in [0.15, 0.2) is 12.5 Å². The summed E-state index contributed by atoms with van der Waals surface area (Å²) in [5.74, 6) is 0.114. The number of nitrogens with zero attached hydrogens (tertiary/aromatic N) is 2. The lowest BCUT2D eigenvalue weighted by molar-refractivity contribution is -0.138. The molecule has 2 aliphatic rings. The number of nitrogens with one attached hydrogen (secondary N) is 2. The van der Waals surface area contributed by atoms with E-state index in [0.717, 1.165) is 6.07 Å². The van der Waals surface area contributed by atoms with Gasteiger partial charge in [0.05, 0.1) is 48.6 Å². The van der Waals surface area contributed by atoms with Crippen molar-refractivity contribution in [2.45, 2.75) is 57.8 Å². The van der Waals surface area contributed by atoms with Crippen molar-refractivity contribution in [2.24, 2.45) is 0 Å². The number of aromatic nitrogens is 2. The summed E-state index contributed by atoms with van der Waals surface area (Å²) in [5, 5.41) is 16.6. The van der Waals surface area contributed by atoms with E-state index in [0.29, 0.717) is 49.9 Å². The highest BCUT2D eigenvalue weighted by Gasteiger charge is 2.35. The smallest absolute Gasteiger partial charge is 0.379 e. The molecule has 1 unspecified atom stereocenters. The molecule has 0 aliphatic carbocycles. The van der Waals surface area contributed by atoms with Gasteiger partial charge in [0.25, 0.3) is 0 Å². The van der Waals surface area contributed by atoms with E-state index in [9.17, 15) is 23.1 Å². The van der Waals surface area contributed by atoms with Crippen LogP contribution in [0.25, 0.3) is 0 Å². The zero-order chi connectivity index (χ0) is 26.1. The van der Waals surface area contributed by atoms with Crippen molar-refractivity contribution in [2.75, 3.05) is 31.7 Å². The van der Waals surface area contributed by atoms with Crippen molar-refractivity contribution < 1.29 is 37.3 Å². The minimum atomic E-state index is -4.57. The van der Waals surface area contributed by atoms with Gasteiger partial charge in [-0.3, -0.25) is 4.79 Å². The Bertz CT molecular complexity index is 1120. The van der Waals surface area contributed by atoms with E-state index < -0.39 is 29.8 Å². The Hall–Kier alpha value is -2.80. The van der Waals surface area contributed by atoms with E-state index in [4.69, 9.17) is 14.2 Å². The highest BCUT2D eigenvalue weighted by atomic mass is 19.4. The number of amides is 1. The van der Waals surface area contributed by atoms with Crippen LogP contribution in [0, 0.1) is 13.8 Å². The lowest BCUT2D eigenvalue weighted by Crippen LogP contribution is -2.47. The summed E-state index contributed by atoms with van der Waals surface area (Å²) in [6, 6.07) is 3.59. The van der Waals surface area contributed by atoms with Crippen molar-refractivity contribution in [1.29, 1.82) is 0 Å². The number of benzene rings is 1. The quantitative estimate of drug-likeness (QED) is 0.487. The molecule has 1 aromatic carbocycles. The minimum absolute atomic E-state index is 0.0359. The number of alkyl halides is 3. The molecule has 1 amide bonds. The Balaban J connectivity index is 1.65. The first-order valence-corrected chi connectivity index (χ1v) is 11.6. The molecule has 1 aromatic heterocycles. The summed E-state index contributed by atoms with van der Waals surface area (Å²) < 4.78 is 56.8. The van der Waals surface area contributed by atoms with Gasteiger partial charge < -0.3 is 30.0 Å². The lowest BCUT2D eigenvalue weighted by atomic mass is 10.0. The number of aryl methyl sites for hydroxylation is 1. The third-order valence-corrected chi connectivity index (χ3v) is 6.23. The van der Waals surface area contributed by atoms with E-state index in [2.05, 4.69) is 20.6 Å². The van der Waals surface area contributed by atoms with Gasteiger partial charge in [-0.2, -0.15) is 13.2 Å². The average molecular weight is 511 g/mol. The van der Waals surface area contributed by atoms with E-state index >= 15 is 0 Å². The van der Waals surface area contributed by atoms with Gasteiger partial charge in [-0.05, 0) is 38.8 Å². The first kappa shape index (κ1) is 26.3. The molecule has 3 N–H and O–H groups in total. The van der Waals surface area contributed by atoms with Crippen molar-refractivity contribution in [3.63, 3.8) is 0 Å². The largest absolute Gasteiger partial charge is 0.416 e. The molecule has 2 atom stereocenters. The molecule has 4 rings (SSSR count). The molecule has 196 valence electrons. The molecular weight excluding hydrogens is 481 g/mol. The van der Waals surface area contributed by atoms with Crippen LogP contribution in [0.3, 0.4) is 0 Å². The molecule has 0 bridgehead atoms. The number of carbonyl (C=O) groups is 1. The van der Waals surface area contributed by atoms with E-state index in [-0.39, 0.29) is 29.3 Å². The van der Waals surface area contributed by atoms with Crippen LogP contribution in [-0.4, -0.2) is 52.9 Å². The predicted molar refractivity (Wildman–Crippen MR) is 122 cm³/mol. The van der Waals surface area contributed by atoms with Crippen LogP contribution in [0.2, 0.25) is 0 Å². The first-order valence-electron chi connectivity index (χ1n) is 11.6.